The fourth-order valence-electron chi connectivity index (χ4n) is 2.81. The van der Waals surface area contributed by atoms with Gasteiger partial charge >= 0.3 is 6.09 Å². The van der Waals surface area contributed by atoms with E-state index in [4.69, 9.17) is 22.2 Å². The van der Waals surface area contributed by atoms with Crippen LogP contribution in [0.5, 0.6) is 5.75 Å². The van der Waals surface area contributed by atoms with Crippen LogP contribution in [0.1, 0.15) is 21.5 Å². The Kier molecular flexibility index (Phi) is 7.03. The van der Waals surface area contributed by atoms with Gasteiger partial charge in [0.15, 0.2) is 0 Å². The summed E-state index contributed by atoms with van der Waals surface area (Å²) in [5, 5.41) is 1.87. The summed E-state index contributed by atoms with van der Waals surface area (Å²) >= 11 is 5.50. The van der Waals surface area contributed by atoms with Crippen LogP contribution in [-0.4, -0.2) is 19.8 Å². The molecule has 3 rings (SSSR count). The highest BCUT2D eigenvalue weighted by molar-refractivity contribution is 7.89. The lowest BCUT2D eigenvalue weighted by atomic mass is 10.0. The molecular formula is C21H18ClN3O5S. The smallest absolute Gasteiger partial charge is 0.409 e. The Balaban J connectivity index is 1.68. The molecule has 1 amide bonds. The number of hydrogen-bond donors (Lipinski definition) is 3. The molecule has 10 heteroatoms. The number of anilines is 1. The maximum atomic E-state index is 12.2. The molecule has 0 aliphatic heterocycles. The van der Waals surface area contributed by atoms with E-state index in [0.29, 0.717) is 12.1 Å². The van der Waals surface area contributed by atoms with Crippen molar-refractivity contribution in [3.8, 4) is 5.75 Å². The summed E-state index contributed by atoms with van der Waals surface area (Å²) in [6.07, 6.45) is -0.267. The molecule has 31 heavy (non-hydrogen) atoms. The van der Waals surface area contributed by atoms with Gasteiger partial charge in [-0.25, -0.2) is 13.2 Å². The van der Waals surface area contributed by atoms with Crippen LogP contribution in [0.15, 0.2) is 77.7 Å². The molecule has 0 spiro atoms. The Morgan fingerprint density at radius 2 is 1.65 bits per heavy atom. The third-order valence-electron chi connectivity index (χ3n) is 4.27. The van der Waals surface area contributed by atoms with Gasteiger partial charge in [0.05, 0.1) is 10.5 Å². The minimum absolute atomic E-state index is 0.0539. The van der Waals surface area contributed by atoms with Gasteiger partial charge in [-0.05, 0) is 65.5 Å². The van der Waals surface area contributed by atoms with E-state index in [1.165, 1.54) is 24.3 Å². The average molecular weight is 460 g/mol. The van der Waals surface area contributed by atoms with E-state index < -0.39 is 21.4 Å². The van der Waals surface area contributed by atoms with Gasteiger partial charge in [-0.1, -0.05) is 36.4 Å². The summed E-state index contributed by atoms with van der Waals surface area (Å²) in [6, 6.07) is 19.5. The summed E-state index contributed by atoms with van der Waals surface area (Å²) in [5.41, 5.74) is 2.32. The number of hydrazine groups is 1. The van der Waals surface area contributed by atoms with Gasteiger partial charge in [-0.2, -0.15) is 4.83 Å². The van der Waals surface area contributed by atoms with Gasteiger partial charge in [0.25, 0.3) is 15.3 Å². The van der Waals surface area contributed by atoms with Crippen LogP contribution in [0, 0.1) is 0 Å². The largest absolute Gasteiger partial charge is 0.417 e. The predicted molar refractivity (Wildman–Crippen MR) is 116 cm³/mol. The molecule has 160 valence electrons. The molecular weight excluding hydrogens is 442 g/mol. The van der Waals surface area contributed by atoms with Gasteiger partial charge in [0, 0.05) is 5.69 Å². The van der Waals surface area contributed by atoms with E-state index in [1.807, 2.05) is 6.07 Å². The maximum Gasteiger partial charge on any atom is 0.417 e. The SMILES string of the molecule is NNS(=O)(=O)c1ccc(Cc2cccc(NC(=O)Oc3ccccc3C(=O)Cl)c2)cc1. The van der Waals surface area contributed by atoms with E-state index in [2.05, 4.69) is 5.32 Å². The van der Waals surface area contributed by atoms with Crippen LogP contribution < -0.4 is 20.7 Å². The van der Waals surface area contributed by atoms with Crippen LogP contribution >= 0.6 is 11.6 Å². The normalized spacial score (nSPS) is 11.0. The number of rotatable bonds is 7. The number of benzene rings is 3. The van der Waals surface area contributed by atoms with Gasteiger partial charge in [0.2, 0.25) is 0 Å². The molecule has 0 heterocycles. The zero-order chi connectivity index (χ0) is 22.4. The third-order valence-corrected chi connectivity index (χ3v) is 5.68. The lowest BCUT2D eigenvalue weighted by molar-refractivity contribution is 0.107. The molecule has 4 N–H and O–H groups in total. The van der Waals surface area contributed by atoms with Crippen molar-refractivity contribution in [2.24, 2.45) is 5.84 Å². The minimum atomic E-state index is -3.71. The highest BCUT2D eigenvalue weighted by atomic mass is 35.5. The van der Waals surface area contributed by atoms with Crippen LogP contribution in [0.3, 0.4) is 0 Å². The first kappa shape index (κ1) is 22.4. The number of ether oxygens (including phenoxy) is 1. The topological polar surface area (TPSA) is 128 Å². The van der Waals surface area contributed by atoms with Gasteiger partial charge in [0.1, 0.15) is 5.75 Å². The average Bonchev–Trinajstić information content (AvgIpc) is 2.74. The standard InChI is InChI=1S/C21H18ClN3O5S/c22-20(26)18-6-1-2-7-19(18)30-21(27)24-16-5-3-4-15(13-16)12-14-8-10-17(11-9-14)31(28,29)25-23/h1-11,13,25H,12,23H2,(H,24,27). The lowest BCUT2D eigenvalue weighted by Gasteiger charge is -2.10. The van der Waals surface area contributed by atoms with Crippen molar-refractivity contribution in [1.82, 2.24) is 4.83 Å². The Morgan fingerprint density at radius 3 is 2.32 bits per heavy atom. The van der Waals surface area contributed by atoms with E-state index in [9.17, 15) is 18.0 Å². The van der Waals surface area contributed by atoms with Crippen molar-refractivity contribution < 1.29 is 22.7 Å². The molecule has 0 aliphatic carbocycles. The Labute approximate surface area is 184 Å². The minimum Gasteiger partial charge on any atom is -0.409 e. The van der Waals surface area contributed by atoms with Crippen LogP contribution in [0.2, 0.25) is 0 Å². The number of carbonyl (C=O) groups is 2. The number of amides is 1. The number of hydrogen-bond acceptors (Lipinski definition) is 6. The van der Waals surface area contributed by atoms with Crippen LogP contribution in [0.25, 0.3) is 0 Å². The molecule has 0 radical (unpaired) electrons. The molecule has 3 aromatic carbocycles. The van der Waals surface area contributed by atoms with Gasteiger partial charge in [-0.15, -0.1) is 0 Å². The van der Waals surface area contributed by atoms with Crippen molar-refractivity contribution >= 4 is 38.6 Å². The number of halogens is 1. The molecule has 0 atom stereocenters. The zero-order valence-corrected chi connectivity index (χ0v) is 17.6. The zero-order valence-electron chi connectivity index (χ0n) is 16.0. The maximum absolute atomic E-state index is 12.2. The highest BCUT2D eigenvalue weighted by Gasteiger charge is 2.14. The summed E-state index contributed by atoms with van der Waals surface area (Å²) in [7, 11) is -3.71. The summed E-state index contributed by atoms with van der Waals surface area (Å²) in [6.45, 7) is 0. The molecule has 0 saturated heterocycles. The van der Waals surface area contributed by atoms with Crippen LogP contribution in [-0.2, 0) is 16.4 Å². The first-order chi connectivity index (χ1) is 14.8. The number of carbonyl (C=O) groups excluding carboxylic acids is 2. The monoisotopic (exact) mass is 459 g/mol. The van der Waals surface area contributed by atoms with Gasteiger partial charge in [-0.3, -0.25) is 16.0 Å². The molecule has 0 saturated carbocycles. The Hall–Kier alpha value is -3.24. The number of nitrogens with one attached hydrogen (secondary N) is 2. The van der Waals surface area contributed by atoms with Crippen molar-refractivity contribution in [2.45, 2.75) is 11.3 Å². The quantitative estimate of drug-likeness (QED) is 0.282. The van der Waals surface area contributed by atoms with E-state index in [0.717, 1.165) is 11.1 Å². The van der Waals surface area contributed by atoms with Gasteiger partial charge < -0.3 is 4.74 Å². The first-order valence-corrected chi connectivity index (χ1v) is 10.8. The van der Waals surface area contributed by atoms with E-state index in [1.54, 1.807) is 47.3 Å². The molecule has 0 bridgehead atoms. The highest BCUT2D eigenvalue weighted by Crippen LogP contribution is 2.21. The molecule has 0 aliphatic rings. The summed E-state index contributed by atoms with van der Waals surface area (Å²) < 4.78 is 28.6. The summed E-state index contributed by atoms with van der Waals surface area (Å²) in [5.74, 6) is 5.08. The molecule has 3 aromatic rings. The summed E-state index contributed by atoms with van der Waals surface area (Å²) in [4.78, 5) is 25.5. The van der Waals surface area contributed by atoms with Crippen molar-refractivity contribution in [1.29, 1.82) is 0 Å². The molecule has 0 aromatic heterocycles. The Morgan fingerprint density at radius 1 is 0.935 bits per heavy atom. The number of sulfonamides is 1. The number of nitrogens with two attached hydrogens (primary N) is 1. The van der Waals surface area contributed by atoms with Crippen molar-refractivity contribution in [2.75, 3.05) is 5.32 Å². The van der Waals surface area contributed by atoms with E-state index >= 15 is 0 Å². The third kappa shape index (κ3) is 5.89. The predicted octanol–water partition coefficient (Wildman–Crippen LogP) is 3.42. The van der Waals surface area contributed by atoms with Crippen molar-refractivity contribution in [3.05, 3.63) is 89.5 Å². The molecule has 0 fully saturated rings. The fourth-order valence-corrected chi connectivity index (χ4v) is 3.60. The van der Waals surface area contributed by atoms with E-state index in [-0.39, 0.29) is 16.2 Å². The second-order valence-corrected chi connectivity index (χ2v) is 8.48. The fraction of sp³-hybridized carbons (Fsp3) is 0.0476. The Bertz CT molecular complexity index is 1210. The second-order valence-electron chi connectivity index (χ2n) is 6.43. The first-order valence-electron chi connectivity index (χ1n) is 8.96. The molecule has 8 nitrogen and oxygen atoms in total. The van der Waals surface area contributed by atoms with Crippen LogP contribution in [0.4, 0.5) is 10.5 Å². The second kappa shape index (κ2) is 9.71. The molecule has 0 unspecified atom stereocenters. The number of para-hydroxylation sites is 1. The lowest BCUT2D eigenvalue weighted by Crippen LogP contribution is -2.30. The van der Waals surface area contributed by atoms with Crippen molar-refractivity contribution in [3.63, 3.8) is 0 Å².